The van der Waals surface area contributed by atoms with E-state index in [4.69, 9.17) is 0 Å². The van der Waals surface area contributed by atoms with Crippen LogP contribution in [0.2, 0.25) is 0 Å². The van der Waals surface area contributed by atoms with E-state index in [2.05, 4.69) is 22.5 Å². The quantitative estimate of drug-likeness (QED) is 0.601. The number of nitrogens with one attached hydrogen (secondary N) is 2. The number of piperidine rings is 1. The van der Waals surface area contributed by atoms with Crippen LogP contribution in [-0.4, -0.2) is 49.7 Å². The molecule has 2 fully saturated rings. The fourth-order valence-electron chi connectivity index (χ4n) is 2.54. The number of piperazine rings is 1. The van der Waals surface area contributed by atoms with Gasteiger partial charge in [-0.1, -0.05) is 0 Å². The van der Waals surface area contributed by atoms with Gasteiger partial charge in [-0.15, -0.1) is 0 Å². The average Bonchev–Trinajstić information content (AvgIpc) is 2.20. The van der Waals surface area contributed by atoms with Gasteiger partial charge < -0.3 is 10.6 Å². The van der Waals surface area contributed by atoms with Gasteiger partial charge in [-0.05, 0) is 32.9 Å². The molecule has 0 aromatic rings. The van der Waals surface area contributed by atoms with Gasteiger partial charge in [0.15, 0.2) is 0 Å². The van der Waals surface area contributed by atoms with Crippen LogP contribution in [0.3, 0.4) is 0 Å². The number of rotatable bonds is 1. The summed E-state index contributed by atoms with van der Waals surface area (Å²) < 4.78 is 0. The zero-order valence-electron chi connectivity index (χ0n) is 8.55. The molecule has 2 aliphatic rings. The second kappa shape index (κ2) is 4.40. The molecular formula is C10H21N3. The Hall–Kier alpha value is -0.120. The van der Waals surface area contributed by atoms with Crippen molar-refractivity contribution in [3.63, 3.8) is 0 Å². The van der Waals surface area contributed by atoms with Crippen molar-refractivity contribution >= 4 is 0 Å². The molecule has 2 aliphatic heterocycles. The number of hydrogen-bond donors (Lipinski definition) is 2. The van der Waals surface area contributed by atoms with Crippen LogP contribution in [0.5, 0.6) is 0 Å². The molecule has 0 saturated carbocycles. The minimum Gasteiger partial charge on any atom is -0.317 e. The minimum atomic E-state index is 0.733. The highest BCUT2D eigenvalue weighted by atomic mass is 15.2. The van der Waals surface area contributed by atoms with Crippen molar-refractivity contribution in [2.75, 3.05) is 32.7 Å². The Morgan fingerprint density at radius 3 is 2.54 bits per heavy atom. The van der Waals surface area contributed by atoms with Crippen molar-refractivity contribution in [1.82, 2.24) is 15.5 Å². The molecule has 2 N–H and O–H groups in total. The van der Waals surface area contributed by atoms with Crippen LogP contribution in [-0.2, 0) is 0 Å². The van der Waals surface area contributed by atoms with E-state index >= 15 is 0 Å². The van der Waals surface area contributed by atoms with E-state index < -0.39 is 0 Å². The third-order valence-corrected chi connectivity index (χ3v) is 3.33. The molecule has 0 amide bonds. The van der Waals surface area contributed by atoms with Gasteiger partial charge >= 0.3 is 0 Å². The molecule has 0 aliphatic carbocycles. The van der Waals surface area contributed by atoms with Crippen molar-refractivity contribution in [2.24, 2.45) is 0 Å². The van der Waals surface area contributed by atoms with E-state index in [-0.39, 0.29) is 0 Å². The first kappa shape index (κ1) is 9.44. The van der Waals surface area contributed by atoms with Crippen molar-refractivity contribution in [3.05, 3.63) is 0 Å². The molecule has 3 heteroatoms. The van der Waals surface area contributed by atoms with Crippen LogP contribution >= 0.6 is 0 Å². The Kier molecular flexibility index (Phi) is 3.19. The Morgan fingerprint density at radius 2 is 1.85 bits per heavy atom. The van der Waals surface area contributed by atoms with Crippen molar-refractivity contribution in [1.29, 1.82) is 0 Å². The zero-order valence-corrected chi connectivity index (χ0v) is 8.55. The summed E-state index contributed by atoms with van der Waals surface area (Å²) in [6.45, 7) is 8.35. The molecule has 1 unspecified atom stereocenters. The predicted molar refractivity (Wildman–Crippen MR) is 54.9 cm³/mol. The molecule has 2 saturated heterocycles. The lowest BCUT2D eigenvalue weighted by Crippen LogP contribution is -2.55. The van der Waals surface area contributed by atoms with Gasteiger partial charge in [0, 0.05) is 31.7 Å². The molecule has 2 rings (SSSR count). The Balaban J connectivity index is 1.88. The highest BCUT2D eigenvalue weighted by Gasteiger charge is 2.26. The van der Waals surface area contributed by atoms with Crippen LogP contribution in [0.15, 0.2) is 0 Å². The van der Waals surface area contributed by atoms with Gasteiger partial charge in [-0.3, -0.25) is 4.90 Å². The number of nitrogens with zero attached hydrogens (tertiary/aromatic N) is 1. The van der Waals surface area contributed by atoms with Gasteiger partial charge in [0.1, 0.15) is 0 Å². The molecule has 13 heavy (non-hydrogen) atoms. The summed E-state index contributed by atoms with van der Waals surface area (Å²) in [6.07, 6.45) is 2.68. The predicted octanol–water partition coefficient (Wildman–Crippen LogP) is 0.0321. The van der Waals surface area contributed by atoms with E-state index in [0.29, 0.717) is 0 Å². The Morgan fingerprint density at radius 1 is 1.08 bits per heavy atom. The highest BCUT2D eigenvalue weighted by molar-refractivity contribution is 4.85. The summed E-state index contributed by atoms with van der Waals surface area (Å²) in [4.78, 5) is 2.69. The highest BCUT2D eigenvalue weighted by Crippen LogP contribution is 2.15. The Bertz CT molecular complexity index is 154. The maximum Gasteiger partial charge on any atom is 0.0195 e. The molecule has 0 aromatic heterocycles. The maximum absolute atomic E-state index is 3.45. The summed E-state index contributed by atoms with van der Waals surface area (Å²) >= 11 is 0. The van der Waals surface area contributed by atoms with Crippen molar-refractivity contribution in [2.45, 2.75) is 31.8 Å². The van der Waals surface area contributed by atoms with E-state index in [1.807, 2.05) is 0 Å². The third kappa shape index (κ3) is 2.22. The molecule has 0 aromatic carbocycles. The van der Waals surface area contributed by atoms with Crippen molar-refractivity contribution in [3.8, 4) is 0 Å². The van der Waals surface area contributed by atoms with Crippen molar-refractivity contribution < 1.29 is 0 Å². The first-order chi connectivity index (χ1) is 6.38. The summed E-state index contributed by atoms with van der Waals surface area (Å²) in [5, 5.41) is 6.87. The van der Waals surface area contributed by atoms with Crippen LogP contribution in [0.4, 0.5) is 0 Å². The SMILES string of the molecule is CC1CNCCN1C1CCNCC1. The average molecular weight is 183 g/mol. The summed E-state index contributed by atoms with van der Waals surface area (Å²) in [7, 11) is 0. The molecular weight excluding hydrogens is 162 g/mol. The molecule has 2 heterocycles. The van der Waals surface area contributed by atoms with Crippen LogP contribution in [0, 0.1) is 0 Å². The molecule has 0 radical (unpaired) electrons. The first-order valence-corrected chi connectivity index (χ1v) is 5.55. The normalized spacial score (nSPS) is 33.5. The lowest BCUT2D eigenvalue weighted by atomic mass is 10.0. The van der Waals surface area contributed by atoms with Gasteiger partial charge in [-0.25, -0.2) is 0 Å². The standard InChI is InChI=1S/C10H21N3/c1-9-8-12-6-7-13(9)10-2-4-11-5-3-10/h9-12H,2-8H2,1H3. The summed E-state index contributed by atoms with van der Waals surface area (Å²) in [6, 6.07) is 1.58. The lowest BCUT2D eigenvalue weighted by Gasteiger charge is -2.41. The van der Waals surface area contributed by atoms with Gasteiger partial charge in [-0.2, -0.15) is 0 Å². The monoisotopic (exact) mass is 183 g/mol. The van der Waals surface area contributed by atoms with Crippen LogP contribution in [0.25, 0.3) is 0 Å². The molecule has 1 atom stereocenters. The topological polar surface area (TPSA) is 27.3 Å². The Labute approximate surface area is 80.9 Å². The van der Waals surface area contributed by atoms with Gasteiger partial charge in [0.05, 0.1) is 0 Å². The molecule has 76 valence electrons. The maximum atomic E-state index is 3.45. The lowest BCUT2D eigenvalue weighted by molar-refractivity contribution is 0.0956. The first-order valence-electron chi connectivity index (χ1n) is 5.55. The zero-order chi connectivity index (χ0) is 9.10. The van der Waals surface area contributed by atoms with Crippen LogP contribution in [0.1, 0.15) is 19.8 Å². The fourth-order valence-corrected chi connectivity index (χ4v) is 2.54. The second-order valence-corrected chi connectivity index (χ2v) is 4.27. The van der Waals surface area contributed by atoms with Crippen LogP contribution < -0.4 is 10.6 Å². The fraction of sp³-hybridized carbons (Fsp3) is 1.00. The van der Waals surface area contributed by atoms with E-state index in [1.54, 1.807) is 0 Å². The third-order valence-electron chi connectivity index (χ3n) is 3.33. The summed E-state index contributed by atoms with van der Waals surface area (Å²) in [5.74, 6) is 0. The number of hydrogen-bond acceptors (Lipinski definition) is 3. The van der Waals surface area contributed by atoms with E-state index in [1.165, 1.54) is 45.6 Å². The largest absolute Gasteiger partial charge is 0.317 e. The molecule has 0 bridgehead atoms. The van der Waals surface area contributed by atoms with Gasteiger partial charge in [0.25, 0.3) is 0 Å². The second-order valence-electron chi connectivity index (χ2n) is 4.27. The minimum absolute atomic E-state index is 0.733. The van der Waals surface area contributed by atoms with Gasteiger partial charge in [0.2, 0.25) is 0 Å². The van der Waals surface area contributed by atoms with E-state index in [0.717, 1.165) is 12.1 Å². The molecule has 0 spiro atoms. The smallest absolute Gasteiger partial charge is 0.0195 e. The molecule has 3 nitrogen and oxygen atoms in total. The van der Waals surface area contributed by atoms with E-state index in [9.17, 15) is 0 Å². The summed E-state index contributed by atoms with van der Waals surface area (Å²) in [5.41, 5.74) is 0.